The lowest BCUT2D eigenvalue weighted by atomic mass is 10.1. The Morgan fingerprint density at radius 1 is 0.941 bits per heavy atom. The van der Waals surface area contributed by atoms with E-state index in [-0.39, 0.29) is 0 Å². The third-order valence-electron chi connectivity index (χ3n) is 2.97. The Morgan fingerprint density at radius 3 is 2.29 bits per heavy atom. The summed E-state index contributed by atoms with van der Waals surface area (Å²) in [5.74, 6) is 0. The summed E-state index contributed by atoms with van der Waals surface area (Å²) >= 11 is 0. The molecule has 0 N–H and O–H groups in total. The Kier molecular flexibility index (Phi) is 3.51. The number of hydrogen-bond acceptors (Lipinski definition) is 1. The lowest BCUT2D eigenvalue weighted by Gasteiger charge is -2.27. The molecule has 0 heterocycles. The van der Waals surface area contributed by atoms with Gasteiger partial charge in [0.25, 0.3) is 0 Å². The lowest BCUT2D eigenvalue weighted by Crippen LogP contribution is -2.47. The highest BCUT2D eigenvalue weighted by Gasteiger charge is 2.27. The molecule has 3 heteroatoms. The summed E-state index contributed by atoms with van der Waals surface area (Å²) < 4.78 is 6.31. The third-order valence-corrected chi connectivity index (χ3v) is 8.94. The van der Waals surface area contributed by atoms with Crippen molar-refractivity contribution < 1.29 is 4.12 Å². The average Bonchev–Trinajstić information content (AvgIpc) is 2.26. The molecule has 0 saturated carbocycles. The molecule has 0 fully saturated rings. The van der Waals surface area contributed by atoms with Gasteiger partial charge in [0.15, 0.2) is 9.04 Å². The minimum Gasteiger partial charge on any atom is -0.455 e. The molecular formula is C14H20OSi2. The SMILES string of the molecule is C[SiH](C)O[Si](C)(C)c1cccc2ccccc12. The minimum atomic E-state index is -1.75. The van der Waals surface area contributed by atoms with Gasteiger partial charge in [0.2, 0.25) is 8.32 Å². The van der Waals surface area contributed by atoms with Crippen LogP contribution in [0.2, 0.25) is 26.2 Å². The fraction of sp³-hybridized carbons (Fsp3) is 0.286. The van der Waals surface area contributed by atoms with E-state index in [4.69, 9.17) is 4.12 Å². The lowest BCUT2D eigenvalue weighted by molar-refractivity contribution is 0.591. The van der Waals surface area contributed by atoms with Gasteiger partial charge in [0, 0.05) is 0 Å². The highest BCUT2D eigenvalue weighted by molar-refractivity contribution is 6.90. The largest absolute Gasteiger partial charge is 0.455 e. The smallest absolute Gasteiger partial charge is 0.206 e. The van der Waals surface area contributed by atoms with Gasteiger partial charge in [-0.1, -0.05) is 42.5 Å². The molecule has 2 aromatic rings. The quantitative estimate of drug-likeness (QED) is 0.770. The van der Waals surface area contributed by atoms with Crippen molar-refractivity contribution in [2.75, 3.05) is 0 Å². The second-order valence-electron chi connectivity index (χ2n) is 5.20. The van der Waals surface area contributed by atoms with E-state index in [9.17, 15) is 0 Å². The van der Waals surface area contributed by atoms with Crippen LogP contribution in [-0.4, -0.2) is 17.4 Å². The van der Waals surface area contributed by atoms with Gasteiger partial charge in [-0.2, -0.15) is 0 Å². The highest BCUT2D eigenvalue weighted by Crippen LogP contribution is 2.16. The van der Waals surface area contributed by atoms with Crippen molar-refractivity contribution in [3.8, 4) is 0 Å². The average molecular weight is 260 g/mol. The Labute approximate surface area is 106 Å². The summed E-state index contributed by atoms with van der Waals surface area (Å²) in [7, 11) is -2.73. The molecular weight excluding hydrogens is 240 g/mol. The van der Waals surface area contributed by atoms with E-state index < -0.39 is 17.4 Å². The maximum absolute atomic E-state index is 6.31. The minimum absolute atomic E-state index is 0.984. The third kappa shape index (κ3) is 2.68. The fourth-order valence-corrected chi connectivity index (χ4v) is 9.00. The van der Waals surface area contributed by atoms with Gasteiger partial charge in [-0.15, -0.1) is 0 Å². The number of fused-ring (bicyclic) bond motifs is 1. The fourth-order valence-electron chi connectivity index (χ4n) is 2.40. The maximum Gasteiger partial charge on any atom is 0.206 e. The Morgan fingerprint density at radius 2 is 1.59 bits per heavy atom. The summed E-state index contributed by atoms with van der Waals surface area (Å²) in [6.45, 7) is 9.11. The molecule has 17 heavy (non-hydrogen) atoms. The van der Waals surface area contributed by atoms with Crippen LogP contribution in [0.5, 0.6) is 0 Å². The Hall–Kier alpha value is -0.906. The van der Waals surface area contributed by atoms with Gasteiger partial charge in [0.05, 0.1) is 0 Å². The van der Waals surface area contributed by atoms with Crippen LogP contribution in [0.15, 0.2) is 42.5 Å². The normalized spacial score (nSPS) is 12.3. The van der Waals surface area contributed by atoms with Gasteiger partial charge in [-0.25, -0.2) is 0 Å². The predicted octanol–water partition coefficient (Wildman–Crippen LogP) is 3.25. The molecule has 2 rings (SSSR count). The van der Waals surface area contributed by atoms with E-state index in [0.29, 0.717) is 0 Å². The summed E-state index contributed by atoms with van der Waals surface area (Å²) in [5, 5.41) is 4.11. The first-order chi connectivity index (χ1) is 8.00. The van der Waals surface area contributed by atoms with Crippen LogP contribution >= 0.6 is 0 Å². The van der Waals surface area contributed by atoms with Gasteiger partial charge < -0.3 is 4.12 Å². The molecule has 0 atom stereocenters. The van der Waals surface area contributed by atoms with Crippen LogP contribution in [0.25, 0.3) is 10.8 Å². The number of benzene rings is 2. The van der Waals surface area contributed by atoms with Crippen molar-refractivity contribution in [3.05, 3.63) is 42.5 Å². The summed E-state index contributed by atoms with van der Waals surface area (Å²) in [4.78, 5) is 0. The zero-order chi connectivity index (χ0) is 12.5. The van der Waals surface area contributed by atoms with E-state index in [1.165, 1.54) is 16.0 Å². The molecule has 0 saturated heterocycles. The van der Waals surface area contributed by atoms with Crippen molar-refractivity contribution in [1.29, 1.82) is 0 Å². The number of hydrogen-bond donors (Lipinski definition) is 0. The van der Waals surface area contributed by atoms with Crippen molar-refractivity contribution in [1.82, 2.24) is 0 Å². The zero-order valence-electron chi connectivity index (χ0n) is 11.0. The van der Waals surface area contributed by atoms with Gasteiger partial charge >= 0.3 is 0 Å². The molecule has 1 nitrogen and oxygen atoms in total. The first kappa shape index (κ1) is 12.5. The second-order valence-corrected chi connectivity index (χ2v) is 11.8. The Bertz CT molecular complexity index is 515. The van der Waals surface area contributed by atoms with E-state index in [1.807, 2.05) is 0 Å². The summed E-state index contributed by atoms with van der Waals surface area (Å²) in [6, 6.07) is 15.2. The molecule has 90 valence electrons. The maximum atomic E-state index is 6.31. The predicted molar refractivity (Wildman–Crippen MR) is 81.0 cm³/mol. The van der Waals surface area contributed by atoms with Crippen LogP contribution in [0, 0.1) is 0 Å². The van der Waals surface area contributed by atoms with Crippen molar-refractivity contribution in [2.45, 2.75) is 26.2 Å². The van der Waals surface area contributed by atoms with Crippen LogP contribution in [0.4, 0.5) is 0 Å². The molecule has 0 spiro atoms. The molecule has 0 aliphatic carbocycles. The molecule has 0 unspecified atom stereocenters. The van der Waals surface area contributed by atoms with Crippen LogP contribution in [-0.2, 0) is 4.12 Å². The van der Waals surface area contributed by atoms with E-state index in [0.717, 1.165) is 0 Å². The van der Waals surface area contributed by atoms with Crippen LogP contribution in [0.3, 0.4) is 0 Å². The first-order valence-electron chi connectivity index (χ1n) is 6.17. The molecule has 0 amide bonds. The monoisotopic (exact) mass is 260 g/mol. The molecule has 0 aliphatic heterocycles. The van der Waals surface area contributed by atoms with Crippen molar-refractivity contribution >= 4 is 33.3 Å². The van der Waals surface area contributed by atoms with Gasteiger partial charge in [0.1, 0.15) is 0 Å². The van der Waals surface area contributed by atoms with Gasteiger partial charge in [-0.3, -0.25) is 0 Å². The van der Waals surface area contributed by atoms with Crippen molar-refractivity contribution in [3.63, 3.8) is 0 Å². The van der Waals surface area contributed by atoms with Gasteiger partial charge in [-0.05, 0) is 42.1 Å². The summed E-state index contributed by atoms with van der Waals surface area (Å²) in [6.07, 6.45) is 0. The zero-order valence-corrected chi connectivity index (χ0v) is 13.2. The Balaban J connectivity index is 2.55. The van der Waals surface area contributed by atoms with E-state index in [2.05, 4.69) is 68.7 Å². The van der Waals surface area contributed by atoms with Crippen LogP contribution < -0.4 is 5.19 Å². The van der Waals surface area contributed by atoms with E-state index >= 15 is 0 Å². The van der Waals surface area contributed by atoms with Crippen molar-refractivity contribution in [2.24, 2.45) is 0 Å². The molecule has 0 aliphatic rings. The van der Waals surface area contributed by atoms with Crippen LogP contribution in [0.1, 0.15) is 0 Å². The highest BCUT2D eigenvalue weighted by atomic mass is 28.4. The number of rotatable bonds is 3. The molecule has 0 aromatic heterocycles. The van der Waals surface area contributed by atoms with E-state index in [1.54, 1.807) is 0 Å². The molecule has 2 aromatic carbocycles. The molecule has 0 radical (unpaired) electrons. The topological polar surface area (TPSA) is 9.23 Å². The summed E-state index contributed by atoms with van der Waals surface area (Å²) in [5.41, 5.74) is 0. The standard InChI is InChI=1S/C14H20OSi2/c1-16(2)15-17(3,4)14-11-7-9-12-8-5-6-10-13(12)14/h5-11,16H,1-4H3. The first-order valence-corrected chi connectivity index (χ1v) is 11.9. The molecule has 0 bridgehead atoms. The second kappa shape index (κ2) is 4.76.